The molecule has 0 bridgehead atoms. The van der Waals surface area contributed by atoms with Crippen LogP contribution in [0.2, 0.25) is 0 Å². The lowest BCUT2D eigenvalue weighted by atomic mass is 10.1. The third-order valence-corrected chi connectivity index (χ3v) is 4.29. The molecule has 120 valence electrons. The Morgan fingerprint density at radius 1 is 1.23 bits per heavy atom. The Kier molecular flexibility index (Phi) is 5.36. The fourth-order valence-corrected chi connectivity index (χ4v) is 2.79. The van der Waals surface area contributed by atoms with Gasteiger partial charge >= 0.3 is 0 Å². The van der Waals surface area contributed by atoms with Crippen molar-refractivity contribution >= 4 is 21.1 Å². The standard InChI is InChI=1S/C15H19NO5S/c1-2-16(22(18,19)20)10-14(17)11-21-15-8-7-12-5-3-4-6-13(12)9-15/h3-9,14,17H,2,10-11H2,1H3,(H,18,19,20)/p-1. The molecule has 1 unspecified atom stereocenters. The second-order valence-corrected chi connectivity index (χ2v) is 6.25. The first kappa shape index (κ1) is 16.7. The first-order valence-corrected chi connectivity index (χ1v) is 8.27. The SMILES string of the molecule is CCN(CC(O)COc1ccc2ccccc2c1)S(=O)(=O)[O-]. The normalized spacial score (nSPS) is 13.5. The van der Waals surface area contributed by atoms with E-state index in [1.165, 1.54) is 6.92 Å². The van der Waals surface area contributed by atoms with E-state index < -0.39 is 16.4 Å². The molecule has 0 radical (unpaired) electrons. The Morgan fingerprint density at radius 2 is 1.91 bits per heavy atom. The third-order valence-electron chi connectivity index (χ3n) is 3.25. The monoisotopic (exact) mass is 324 g/mol. The Balaban J connectivity index is 1.96. The van der Waals surface area contributed by atoms with Crippen molar-refractivity contribution in [2.45, 2.75) is 13.0 Å². The summed E-state index contributed by atoms with van der Waals surface area (Å²) in [5.74, 6) is 0.575. The summed E-state index contributed by atoms with van der Waals surface area (Å²) in [7, 11) is -4.55. The average molecular weight is 324 g/mol. The lowest BCUT2D eigenvalue weighted by Crippen LogP contribution is -2.39. The number of nitrogens with zero attached hydrogens (tertiary/aromatic N) is 1. The van der Waals surface area contributed by atoms with Crippen LogP contribution in [0.1, 0.15) is 6.92 Å². The summed E-state index contributed by atoms with van der Waals surface area (Å²) in [6.07, 6.45) is -1.07. The van der Waals surface area contributed by atoms with Crippen molar-refractivity contribution in [3.05, 3.63) is 42.5 Å². The zero-order valence-electron chi connectivity index (χ0n) is 12.2. The van der Waals surface area contributed by atoms with Crippen LogP contribution in [-0.4, -0.2) is 48.2 Å². The second-order valence-electron chi connectivity index (χ2n) is 4.88. The van der Waals surface area contributed by atoms with E-state index in [1.54, 1.807) is 6.07 Å². The number of benzene rings is 2. The zero-order chi connectivity index (χ0) is 16.2. The van der Waals surface area contributed by atoms with E-state index in [0.29, 0.717) is 10.1 Å². The van der Waals surface area contributed by atoms with E-state index in [-0.39, 0.29) is 19.7 Å². The minimum absolute atomic E-state index is 0.0128. The Morgan fingerprint density at radius 3 is 2.55 bits per heavy atom. The molecule has 6 nitrogen and oxygen atoms in total. The van der Waals surface area contributed by atoms with Gasteiger partial charge in [0.25, 0.3) is 0 Å². The summed E-state index contributed by atoms with van der Waals surface area (Å²) >= 11 is 0. The minimum Gasteiger partial charge on any atom is -0.735 e. The van der Waals surface area contributed by atoms with Gasteiger partial charge in [-0.15, -0.1) is 0 Å². The van der Waals surface area contributed by atoms with Crippen LogP contribution < -0.4 is 4.74 Å². The summed E-state index contributed by atoms with van der Waals surface area (Å²) in [5, 5.41) is 11.9. The van der Waals surface area contributed by atoms with Crippen molar-refractivity contribution in [3.63, 3.8) is 0 Å². The van der Waals surface area contributed by atoms with E-state index in [0.717, 1.165) is 10.8 Å². The fraction of sp³-hybridized carbons (Fsp3) is 0.333. The molecule has 0 spiro atoms. The van der Waals surface area contributed by atoms with Crippen LogP contribution in [-0.2, 0) is 10.3 Å². The first-order valence-electron chi connectivity index (χ1n) is 6.91. The molecule has 1 atom stereocenters. The number of fused-ring (bicyclic) bond motifs is 1. The molecule has 2 aromatic rings. The molecule has 1 N–H and O–H groups in total. The lowest BCUT2D eigenvalue weighted by molar-refractivity contribution is 0.0880. The molecule has 2 aromatic carbocycles. The summed E-state index contributed by atoms with van der Waals surface area (Å²) in [6.45, 7) is 1.17. The largest absolute Gasteiger partial charge is 0.735 e. The van der Waals surface area contributed by atoms with Crippen LogP contribution in [0, 0.1) is 0 Å². The van der Waals surface area contributed by atoms with Gasteiger partial charge in [-0.1, -0.05) is 37.3 Å². The van der Waals surface area contributed by atoms with Gasteiger partial charge in [-0.05, 0) is 22.9 Å². The van der Waals surface area contributed by atoms with Crippen LogP contribution in [0.3, 0.4) is 0 Å². The highest BCUT2D eigenvalue weighted by molar-refractivity contribution is 7.83. The molecule has 0 heterocycles. The number of aliphatic hydroxyl groups is 1. The highest BCUT2D eigenvalue weighted by Crippen LogP contribution is 2.20. The summed E-state index contributed by atoms with van der Waals surface area (Å²) in [5.41, 5.74) is 0. The number of aliphatic hydroxyl groups excluding tert-OH is 1. The molecule has 0 saturated carbocycles. The lowest BCUT2D eigenvalue weighted by Gasteiger charge is -2.25. The number of hydrogen-bond donors (Lipinski definition) is 1. The van der Waals surface area contributed by atoms with Gasteiger partial charge in [0.2, 0.25) is 0 Å². The Bertz CT molecular complexity index is 732. The molecule has 22 heavy (non-hydrogen) atoms. The van der Waals surface area contributed by atoms with Crippen LogP contribution in [0.25, 0.3) is 10.8 Å². The van der Waals surface area contributed by atoms with Gasteiger partial charge < -0.3 is 14.4 Å². The Labute approximate surface area is 129 Å². The van der Waals surface area contributed by atoms with Crippen LogP contribution in [0.15, 0.2) is 42.5 Å². The number of rotatable bonds is 7. The summed E-state index contributed by atoms with van der Waals surface area (Å²) in [6, 6.07) is 13.3. The molecule has 2 rings (SSSR count). The zero-order valence-corrected chi connectivity index (χ0v) is 13.0. The van der Waals surface area contributed by atoms with E-state index in [1.807, 2.05) is 36.4 Å². The van der Waals surface area contributed by atoms with Crippen molar-refractivity contribution in [1.29, 1.82) is 0 Å². The molecule has 0 aliphatic carbocycles. The predicted molar refractivity (Wildman–Crippen MR) is 82.4 cm³/mol. The number of likely N-dealkylation sites (N-methyl/N-ethyl adjacent to an activating group) is 1. The van der Waals surface area contributed by atoms with E-state index in [2.05, 4.69) is 0 Å². The van der Waals surface area contributed by atoms with Gasteiger partial charge in [0, 0.05) is 13.1 Å². The topological polar surface area (TPSA) is 89.9 Å². The van der Waals surface area contributed by atoms with E-state index in [4.69, 9.17) is 4.74 Å². The van der Waals surface area contributed by atoms with Gasteiger partial charge in [-0.2, -0.15) is 0 Å². The van der Waals surface area contributed by atoms with E-state index >= 15 is 0 Å². The molecule has 7 heteroatoms. The Hall–Kier alpha value is -1.67. The van der Waals surface area contributed by atoms with Crippen molar-refractivity contribution in [3.8, 4) is 5.75 Å². The average Bonchev–Trinajstić information content (AvgIpc) is 2.49. The van der Waals surface area contributed by atoms with E-state index in [9.17, 15) is 18.1 Å². The summed E-state index contributed by atoms with van der Waals surface area (Å²) < 4.78 is 38.9. The minimum atomic E-state index is -4.55. The van der Waals surface area contributed by atoms with Crippen molar-refractivity contribution in [2.24, 2.45) is 0 Å². The van der Waals surface area contributed by atoms with Crippen LogP contribution in [0.4, 0.5) is 0 Å². The molecule has 0 aliphatic rings. The first-order chi connectivity index (χ1) is 10.4. The van der Waals surface area contributed by atoms with Gasteiger partial charge in [0.05, 0.1) is 0 Å². The van der Waals surface area contributed by atoms with Gasteiger partial charge in [0.1, 0.15) is 18.5 Å². The van der Waals surface area contributed by atoms with Gasteiger partial charge in [-0.3, -0.25) is 0 Å². The van der Waals surface area contributed by atoms with Gasteiger partial charge in [0.15, 0.2) is 10.3 Å². The van der Waals surface area contributed by atoms with Crippen LogP contribution in [0.5, 0.6) is 5.75 Å². The third kappa shape index (κ3) is 4.41. The highest BCUT2D eigenvalue weighted by atomic mass is 32.2. The number of hydrogen-bond acceptors (Lipinski definition) is 5. The van der Waals surface area contributed by atoms with Gasteiger partial charge in [-0.25, -0.2) is 12.7 Å². The quantitative estimate of drug-likeness (QED) is 0.777. The number of ether oxygens (including phenoxy) is 1. The molecular weight excluding hydrogens is 306 g/mol. The molecule has 0 saturated heterocycles. The molecule has 0 aromatic heterocycles. The highest BCUT2D eigenvalue weighted by Gasteiger charge is 2.15. The van der Waals surface area contributed by atoms with Crippen LogP contribution >= 0.6 is 0 Å². The predicted octanol–water partition coefficient (Wildman–Crippen LogP) is 1.36. The smallest absolute Gasteiger partial charge is 0.162 e. The molecule has 0 fully saturated rings. The fourth-order valence-electron chi connectivity index (χ4n) is 2.12. The maximum atomic E-state index is 10.9. The molecule has 0 aliphatic heterocycles. The van der Waals surface area contributed by atoms with Crippen molar-refractivity contribution in [1.82, 2.24) is 4.31 Å². The second kappa shape index (κ2) is 7.06. The maximum absolute atomic E-state index is 10.9. The van der Waals surface area contributed by atoms with Crippen molar-refractivity contribution < 1.29 is 22.8 Å². The summed E-state index contributed by atoms with van der Waals surface area (Å²) in [4.78, 5) is 0. The molecule has 0 amide bonds. The maximum Gasteiger partial charge on any atom is 0.162 e. The van der Waals surface area contributed by atoms with Crippen molar-refractivity contribution in [2.75, 3.05) is 19.7 Å². The molecular formula is C15H18NO5S-.